The molecule has 7 nitrogen and oxygen atoms in total. The van der Waals surface area contributed by atoms with Crippen LogP contribution >= 0.6 is 0 Å². The number of hydrogen-bond donors (Lipinski definition) is 2. The van der Waals surface area contributed by atoms with Crippen LogP contribution in [0.15, 0.2) is 96.1 Å². The number of fused-ring (bicyclic) bond motifs is 1. The molecule has 4 aromatic rings. The van der Waals surface area contributed by atoms with Gasteiger partial charge in [0.15, 0.2) is 0 Å². The number of hydrazone groups is 1. The second-order valence-electron chi connectivity index (χ2n) is 7.51. The Morgan fingerprint density at radius 3 is 2.35 bits per heavy atom. The molecule has 0 saturated carbocycles. The van der Waals surface area contributed by atoms with E-state index in [1.54, 1.807) is 48.5 Å². The van der Waals surface area contributed by atoms with Gasteiger partial charge in [0, 0.05) is 5.69 Å². The summed E-state index contributed by atoms with van der Waals surface area (Å²) >= 11 is 0. The van der Waals surface area contributed by atoms with E-state index in [0.717, 1.165) is 16.3 Å². The van der Waals surface area contributed by atoms with Crippen LogP contribution in [0.2, 0.25) is 0 Å². The number of carbonyl (C=O) groups excluding carboxylic acids is 3. The van der Waals surface area contributed by atoms with Crippen molar-refractivity contribution in [3.63, 3.8) is 0 Å². The highest BCUT2D eigenvalue weighted by Gasteiger charge is 2.13. The maximum absolute atomic E-state index is 12.6. The first-order valence-electron chi connectivity index (χ1n) is 10.5. The molecular formula is C27H21N3O4. The van der Waals surface area contributed by atoms with Gasteiger partial charge in [-0.1, -0.05) is 48.5 Å². The van der Waals surface area contributed by atoms with E-state index in [0.29, 0.717) is 22.6 Å². The fourth-order valence-electron chi connectivity index (χ4n) is 3.31. The molecule has 0 spiro atoms. The van der Waals surface area contributed by atoms with Crippen molar-refractivity contribution < 1.29 is 19.1 Å². The molecule has 2 N–H and O–H groups in total. The van der Waals surface area contributed by atoms with E-state index >= 15 is 0 Å². The monoisotopic (exact) mass is 451 g/mol. The van der Waals surface area contributed by atoms with E-state index in [1.807, 2.05) is 49.4 Å². The molecule has 0 fully saturated rings. The Balaban J connectivity index is 1.33. The van der Waals surface area contributed by atoms with E-state index in [4.69, 9.17) is 4.74 Å². The summed E-state index contributed by atoms with van der Waals surface area (Å²) in [6.45, 7) is 1.88. The first kappa shape index (κ1) is 22.4. The van der Waals surface area contributed by atoms with Gasteiger partial charge < -0.3 is 10.1 Å². The van der Waals surface area contributed by atoms with Gasteiger partial charge in [-0.2, -0.15) is 5.10 Å². The van der Waals surface area contributed by atoms with Crippen LogP contribution in [-0.2, 0) is 9.59 Å². The normalized spacial score (nSPS) is 10.7. The Morgan fingerprint density at radius 2 is 1.56 bits per heavy atom. The lowest BCUT2D eigenvalue weighted by atomic mass is 10.0. The summed E-state index contributed by atoms with van der Waals surface area (Å²) in [5, 5.41) is 8.09. The number of carbonyl (C=O) groups is 3. The van der Waals surface area contributed by atoms with E-state index in [1.165, 1.54) is 6.21 Å². The quantitative estimate of drug-likeness (QED) is 0.154. The number of rotatable bonds is 5. The third kappa shape index (κ3) is 5.52. The topological polar surface area (TPSA) is 96.9 Å². The number of nitrogens with one attached hydrogen (secondary N) is 2. The molecular weight excluding hydrogens is 430 g/mol. The Kier molecular flexibility index (Phi) is 6.74. The molecule has 0 aliphatic carbocycles. The van der Waals surface area contributed by atoms with Gasteiger partial charge >= 0.3 is 17.8 Å². The van der Waals surface area contributed by atoms with Gasteiger partial charge in [0.25, 0.3) is 0 Å². The number of esters is 1. The van der Waals surface area contributed by atoms with Crippen molar-refractivity contribution in [1.29, 1.82) is 0 Å². The van der Waals surface area contributed by atoms with Crippen molar-refractivity contribution in [3.05, 3.63) is 108 Å². The molecule has 34 heavy (non-hydrogen) atoms. The Morgan fingerprint density at radius 1 is 0.824 bits per heavy atom. The molecule has 4 rings (SSSR count). The molecule has 168 valence electrons. The second kappa shape index (κ2) is 10.2. The molecule has 0 aromatic heterocycles. The summed E-state index contributed by atoms with van der Waals surface area (Å²) < 4.78 is 5.50. The van der Waals surface area contributed by atoms with Crippen molar-refractivity contribution in [2.45, 2.75) is 6.92 Å². The number of benzene rings is 4. The summed E-state index contributed by atoms with van der Waals surface area (Å²) in [5.41, 5.74) is 4.80. The number of ether oxygens (including phenoxy) is 1. The Bertz CT molecular complexity index is 1390. The standard InChI is InChI=1S/C27H21N3O4/c1-18-6-4-9-21(16-18)29-25(31)26(32)30-28-17-19-12-14-22(15-13-19)34-27(33)24-11-5-8-20-7-2-3-10-23(20)24/h2-17H,1H3,(H,29,31)(H,30,32)/b28-17-. The second-order valence-corrected chi connectivity index (χ2v) is 7.51. The molecule has 0 atom stereocenters. The minimum Gasteiger partial charge on any atom is -0.423 e. The minimum absolute atomic E-state index is 0.372. The van der Waals surface area contributed by atoms with E-state index in [-0.39, 0.29) is 0 Å². The van der Waals surface area contributed by atoms with Crippen molar-refractivity contribution in [2.24, 2.45) is 5.10 Å². The molecule has 7 heteroatoms. The molecule has 4 aromatic carbocycles. The van der Waals surface area contributed by atoms with E-state index in [9.17, 15) is 14.4 Å². The molecule has 2 amide bonds. The molecule has 0 saturated heterocycles. The SMILES string of the molecule is Cc1cccc(NC(=O)C(=O)N/N=C\c2ccc(OC(=O)c3cccc4ccccc34)cc2)c1. The zero-order chi connectivity index (χ0) is 23.9. The lowest BCUT2D eigenvalue weighted by Gasteiger charge is -2.07. The Labute approximate surface area is 196 Å². The smallest absolute Gasteiger partial charge is 0.344 e. The molecule has 0 bridgehead atoms. The number of aryl methyl sites for hydroxylation is 1. The van der Waals surface area contributed by atoms with Gasteiger partial charge in [-0.3, -0.25) is 9.59 Å². The van der Waals surface area contributed by atoms with Gasteiger partial charge in [0.2, 0.25) is 0 Å². The van der Waals surface area contributed by atoms with Crippen LogP contribution in [0.5, 0.6) is 5.75 Å². The molecule has 0 unspecified atom stereocenters. The van der Waals surface area contributed by atoms with Gasteiger partial charge in [0.1, 0.15) is 5.75 Å². The van der Waals surface area contributed by atoms with E-state index in [2.05, 4.69) is 15.8 Å². The van der Waals surface area contributed by atoms with Gasteiger partial charge in [-0.15, -0.1) is 0 Å². The van der Waals surface area contributed by atoms with Crippen LogP contribution in [0, 0.1) is 6.92 Å². The fourth-order valence-corrected chi connectivity index (χ4v) is 3.31. The average molecular weight is 451 g/mol. The lowest BCUT2D eigenvalue weighted by molar-refractivity contribution is -0.136. The van der Waals surface area contributed by atoms with Crippen molar-refractivity contribution in [1.82, 2.24) is 5.43 Å². The summed E-state index contributed by atoms with van der Waals surface area (Å²) in [6, 6.07) is 26.8. The summed E-state index contributed by atoms with van der Waals surface area (Å²) in [7, 11) is 0. The Hall–Kier alpha value is -4.78. The number of nitrogens with zero attached hydrogens (tertiary/aromatic N) is 1. The summed E-state index contributed by atoms with van der Waals surface area (Å²) in [4.78, 5) is 36.5. The maximum Gasteiger partial charge on any atom is 0.344 e. The minimum atomic E-state index is -0.890. The van der Waals surface area contributed by atoms with Crippen molar-refractivity contribution >= 4 is 40.5 Å². The third-order valence-corrected chi connectivity index (χ3v) is 4.96. The number of amides is 2. The van der Waals surface area contributed by atoms with Crippen LogP contribution in [0.25, 0.3) is 10.8 Å². The largest absolute Gasteiger partial charge is 0.423 e. The van der Waals surface area contributed by atoms with Crippen LogP contribution in [0.4, 0.5) is 5.69 Å². The summed E-state index contributed by atoms with van der Waals surface area (Å²) in [5.74, 6) is -1.79. The first-order valence-corrected chi connectivity index (χ1v) is 10.5. The maximum atomic E-state index is 12.6. The van der Waals surface area contributed by atoms with Crippen molar-refractivity contribution in [2.75, 3.05) is 5.32 Å². The highest BCUT2D eigenvalue weighted by atomic mass is 16.5. The van der Waals surface area contributed by atoms with E-state index < -0.39 is 17.8 Å². The van der Waals surface area contributed by atoms with Crippen LogP contribution < -0.4 is 15.5 Å². The molecule has 0 radical (unpaired) electrons. The van der Waals surface area contributed by atoms with Crippen molar-refractivity contribution in [3.8, 4) is 5.75 Å². The lowest BCUT2D eigenvalue weighted by Crippen LogP contribution is -2.32. The molecule has 0 heterocycles. The number of hydrogen-bond acceptors (Lipinski definition) is 5. The highest BCUT2D eigenvalue weighted by molar-refractivity contribution is 6.39. The predicted molar refractivity (Wildman–Crippen MR) is 131 cm³/mol. The highest BCUT2D eigenvalue weighted by Crippen LogP contribution is 2.21. The van der Waals surface area contributed by atoms with Crippen LogP contribution in [-0.4, -0.2) is 24.0 Å². The van der Waals surface area contributed by atoms with Gasteiger partial charge in [-0.25, -0.2) is 10.2 Å². The molecule has 0 aliphatic heterocycles. The predicted octanol–water partition coefficient (Wildman–Crippen LogP) is 4.46. The van der Waals surface area contributed by atoms with Crippen LogP contribution in [0.3, 0.4) is 0 Å². The van der Waals surface area contributed by atoms with Crippen LogP contribution in [0.1, 0.15) is 21.5 Å². The first-order chi connectivity index (χ1) is 16.5. The summed E-state index contributed by atoms with van der Waals surface area (Å²) in [6.07, 6.45) is 1.38. The molecule has 0 aliphatic rings. The zero-order valence-electron chi connectivity index (χ0n) is 18.3. The fraction of sp³-hybridized carbons (Fsp3) is 0.0370. The number of anilines is 1. The van der Waals surface area contributed by atoms with Gasteiger partial charge in [0.05, 0.1) is 11.8 Å². The third-order valence-electron chi connectivity index (χ3n) is 4.96. The average Bonchev–Trinajstić information content (AvgIpc) is 2.84. The zero-order valence-corrected chi connectivity index (χ0v) is 18.3. The van der Waals surface area contributed by atoms with Gasteiger partial charge in [-0.05, 0) is 71.3 Å².